The molecular formula is C49H46N22O6S. The van der Waals surface area contributed by atoms with Crippen LogP contribution in [0.4, 0.5) is 23.5 Å². The topological polar surface area (TPSA) is 321 Å². The summed E-state index contributed by atoms with van der Waals surface area (Å²) in [7, 11) is 2.99. The standard InChI is InChI=1S/C25H24N10O3S.C24H22N12O3/c1-3-19-27-14-17(39-19)21-22-20(16(38-2)13-29-21)15(12-28-22)23(36)24(37)33-8-10-34(11-9-33)25-30-31-32-35(25)18-6-4-5-7-26-18;1-39-16-13-28-22(30-17-5-7-25-14-29-17)20-19(16)15(12-27-20)21(37)23(38)34-8-10-35(11-9-34)24-31-32-33-36(24)18-4-2-3-6-26-18/h4-7,12-14,28H,3,8-11H2,1-2H3;2-7,12-14,27H,8-11H2,1H3,(H,25,28,29,30). The molecule has 2 saturated heterocycles. The fraction of sp³-hybridized carbons (Fsp3) is 0.245. The van der Waals surface area contributed by atoms with Gasteiger partial charge < -0.3 is 44.4 Å². The Labute approximate surface area is 445 Å². The number of methoxy groups -OCH3 is 2. The molecule has 2 aliphatic rings. The van der Waals surface area contributed by atoms with Crippen LogP contribution >= 0.6 is 11.3 Å². The van der Waals surface area contributed by atoms with E-state index in [0.717, 1.165) is 16.3 Å². The van der Waals surface area contributed by atoms with Crippen molar-refractivity contribution in [2.75, 3.05) is 81.7 Å². The Hall–Kier alpha value is -10.2. The normalized spacial score (nSPS) is 13.6. The highest BCUT2D eigenvalue weighted by Gasteiger charge is 2.34. The van der Waals surface area contributed by atoms with Gasteiger partial charge in [-0.25, -0.2) is 34.9 Å². The molecule has 2 fully saturated rings. The number of H-pyrrole nitrogens is 2. The van der Waals surface area contributed by atoms with Crippen LogP contribution in [0.1, 0.15) is 32.6 Å². The molecule has 12 heterocycles. The quantitative estimate of drug-likeness (QED) is 0.104. The third-order valence-electron chi connectivity index (χ3n) is 12.9. The summed E-state index contributed by atoms with van der Waals surface area (Å²) in [4.78, 5) is 97.6. The average Bonchev–Trinajstić information content (AvgIpc) is 4.51. The number of rotatable bonds is 14. The highest BCUT2D eigenvalue weighted by Crippen LogP contribution is 2.37. The molecule has 2 amide bonds. The van der Waals surface area contributed by atoms with Crippen LogP contribution in [0.25, 0.3) is 44.0 Å². The van der Waals surface area contributed by atoms with Crippen molar-refractivity contribution in [1.29, 1.82) is 0 Å². The number of ether oxygens (including phenoxy) is 2. The van der Waals surface area contributed by atoms with Crippen LogP contribution in [0.3, 0.4) is 0 Å². The van der Waals surface area contributed by atoms with Gasteiger partial charge in [0.25, 0.3) is 35.3 Å². The minimum Gasteiger partial charge on any atom is -0.494 e. The number of pyridine rings is 4. The lowest BCUT2D eigenvalue weighted by molar-refractivity contribution is -0.127. The Morgan fingerprint density at radius 2 is 1.18 bits per heavy atom. The maximum atomic E-state index is 13.5. The lowest BCUT2D eigenvalue weighted by atomic mass is 10.1. The Morgan fingerprint density at radius 3 is 1.68 bits per heavy atom. The first-order valence-electron chi connectivity index (χ1n) is 24.4. The first-order valence-corrected chi connectivity index (χ1v) is 25.2. The number of nitrogens with zero attached hydrogens (tertiary/aromatic N) is 19. The van der Waals surface area contributed by atoms with E-state index >= 15 is 0 Å². The number of amides is 2. The zero-order valence-corrected chi connectivity index (χ0v) is 42.8. The largest absolute Gasteiger partial charge is 0.494 e. The minimum absolute atomic E-state index is 0.196. The van der Waals surface area contributed by atoms with Crippen molar-refractivity contribution in [3.8, 4) is 33.7 Å². The van der Waals surface area contributed by atoms with Gasteiger partial charge in [0.15, 0.2) is 17.5 Å². The molecule has 10 aromatic heterocycles. The van der Waals surface area contributed by atoms with Gasteiger partial charge in [0.1, 0.15) is 29.3 Å². The number of carbonyl (C=O) groups is 4. The summed E-state index contributed by atoms with van der Waals surface area (Å²) >= 11 is 1.54. The fourth-order valence-electron chi connectivity index (χ4n) is 9.01. The van der Waals surface area contributed by atoms with Gasteiger partial charge in [-0.05, 0) is 57.6 Å². The van der Waals surface area contributed by atoms with Gasteiger partial charge in [-0.1, -0.05) is 29.3 Å². The zero-order chi connectivity index (χ0) is 53.7. The molecule has 0 spiro atoms. The number of Topliss-reactive ketones (excluding diaryl/α,β-unsaturated/α-hetero) is 2. The zero-order valence-electron chi connectivity index (χ0n) is 42.0. The van der Waals surface area contributed by atoms with Gasteiger partial charge in [0, 0.05) is 89.5 Å². The van der Waals surface area contributed by atoms with E-state index in [2.05, 4.69) is 81.2 Å². The molecule has 0 aliphatic carbocycles. The van der Waals surface area contributed by atoms with E-state index in [4.69, 9.17) is 9.47 Å². The Morgan fingerprint density at radius 1 is 0.628 bits per heavy atom. The van der Waals surface area contributed by atoms with Gasteiger partial charge in [-0.3, -0.25) is 19.2 Å². The number of aromatic amines is 2. The second-order valence-electron chi connectivity index (χ2n) is 17.3. The van der Waals surface area contributed by atoms with Gasteiger partial charge in [0.05, 0.1) is 69.4 Å². The minimum atomic E-state index is -0.648. The molecule has 10 aromatic rings. The number of anilines is 4. The van der Waals surface area contributed by atoms with E-state index in [0.29, 0.717) is 127 Å². The predicted octanol–water partition coefficient (Wildman–Crippen LogP) is 3.17. The van der Waals surface area contributed by atoms with Crippen molar-refractivity contribution in [2.45, 2.75) is 13.3 Å². The van der Waals surface area contributed by atoms with Gasteiger partial charge >= 0.3 is 0 Å². The number of tetrazole rings is 2. The van der Waals surface area contributed by atoms with Crippen LogP contribution in [0.2, 0.25) is 0 Å². The van der Waals surface area contributed by atoms with Crippen LogP contribution in [-0.4, -0.2) is 185 Å². The van der Waals surface area contributed by atoms with E-state index in [1.807, 2.05) is 47.1 Å². The van der Waals surface area contributed by atoms with Crippen LogP contribution in [0.5, 0.6) is 11.5 Å². The Bertz CT molecular complexity index is 3770. The summed E-state index contributed by atoms with van der Waals surface area (Å²) in [6, 6.07) is 12.6. The summed E-state index contributed by atoms with van der Waals surface area (Å²) in [6.07, 6.45) is 15.0. The SMILES string of the molecule is CCc1ncc(-c2ncc(OC)c3c(C(=O)C(=O)N4CCN(c5nnnn5-c5ccccn5)CC4)c[nH]c23)s1.COc1cnc(Nc2ccncn2)c2[nH]cc(C(=O)C(=O)N3CCN(c4nnnn4-c4ccccn4)CC3)c12. The highest BCUT2D eigenvalue weighted by molar-refractivity contribution is 7.15. The monoisotopic (exact) mass is 1070 g/mol. The molecule has 0 bridgehead atoms. The molecule has 0 aromatic carbocycles. The third-order valence-corrected chi connectivity index (χ3v) is 14.1. The van der Waals surface area contributed by atoms with Crippen molar-refractivity contribution in [2.24, 2.45) is 0 Å². The van der Waals surface area contributed by atoms with E-state index < -0.39 is 23.4 Å². The first kappa shape index (κ1) is 50.0. The molecule has 0 unspecified atom stereocenters. The smallest absolute Gasteiger partial charge is 0.295 e. The summed E-state index contributed by atoms with van der Waals surface area (Å²) in [5, 5.41) is 29.0. The Kier molecular flexibility index (Phi) is 14.1. The number of hydrogen-bond acceptors (Lipinski definition) is 23. The number of piperazine rings is 2. The second kappa shape index (κ2) is 22.0. The maximum Gasteiger partial charge on any atom is 0.295 e. The lowest BCUT2D eigenvalue weighted by Gasteiger charge is -2.34. The van der Waals surface area contributed by atoms with Crippen molar-refractivity contribution in [3.63, 3.8) is 0 Å². The van der Waals surface area contributed by atoms with E-state index in [9.17, 15) is 19.2 Å². The van der Waals surface area contributed by atoms with E-state index in [1.165, 1.54) is 37.8 Å². The predicted molar refractivity (Wildman–Crippen MR) is 281 cm³/mol. The number of aromatic nitrogens is 17. The summed E-state index contributed by atoms with van der Waals surface area (Å²) in [5.41, 5.74) is 2.24. The number of hydrogen-bond donors (Lipinski definition) is 3. The molecular weight excluding hydrogens is 1020 g/mol. The van der Waals surface area contributed by atoms with Crippen molar-refractivity contribution >= 4 is 80.1 Å². The van der Waals surface area contributed by atoms with E-state index in [1.54, 1.807) is 74.9 Å². The number of carbonyl (C=O) groups excluding carboxylic acids is 4. The maximum absolute atomic E-state index is 13.5. The fourth-order valence-corrected chi connectivity index (χ4v) is 9.87. The Balaban J connectivity index is 0.000000165. The van der Waals surface area contributed by atoms with Crippen LogP contribution < -0.4 is 24.6 Å². The molecule has 28 nitrogen and oxygen atoms in total. The molecule has 29 heteroatoms. The average molecular weight is 1070 g/mol. The molecule has 0 radical (unpaired) electrons. The summed E-state index contributed by atoms with van der Waals surface area (Å²) < 4.78 is 14.1. The molecule has 78 heavy (non-hydrogen) atoms. The first-order chi connectivity index (χ1) is 38.2. The number of aryl methyl sites for hydroxylation is 1. The summed E-state index contributed by atoms with van der Waals surface area (Å²) in [5.74, 6) is 1.51. The van der Waals surface area contributed by atoms with Crippen molar-refractivity contribution < 1.29 is 28.7 Å². The second-order valence-corrected chi connectivity index (χ2v) is 18.4. The highest BCUT2D eigenvalue weighted by atomic mass is 32.1. The van der Waals surface area contributed by atoms with E-state index in [-0.39, 0.29) is 11.1 Å². The van der Waals surface area contributed by atoms with Crippen LogP contribution in [-0.2, 0) is 16.0 Å². The van der Waals surface area contributed by atoms with Crippen molar-refractivity contribution in [3.05, 3.63) is 115 Å². The van der Waals surface area contributed by atoms with Gasteiger partial charge in [-0.15, -0.1) is 11.3 Å². The number of thiazole rings is 1. The molecule has 12 rings (SSSR count). The lowest BCUT2D eigenvalue weighted by Crippen LogP contribution is -2.51. The van der Waals surface area contributed by atoms with Gasteiger partial charge in [0.2, 0.25) is 0 Å². The summed E-state index contributed by atoms with van der Waals surface area (Å²) in [6.45, 7) is 5.17. The number of fused-ring (bicyclic) bond motifs is 2. The van der Waals surface area contributed by atoms with Crippen LogP contribution in [0.15, 0.2) is 98.4 Å². The van der Waals surface area contributed by atoms with Gasteiger partial charge in [-0.2, -0.15) is 9.36 Å². The molecule has 3 N–H and O–H groups in total. The molecule has 0 saturated carbocycles. The molecule has 394 valence electrons. The molecule has 0 atom stereocenters. The number of nitrogens with one attached hydrogen (secondary N) is 3. The number of ketones is 2. The third kappa shape index (κ3) is 9.70. The van der Waals surface area contributed by atoms with Crippen molar-refractivity contribution in [1.82, 2.24) is 95.1 Å². The molecule has 2 aliphatic heterocycles. The van der Waals surface area contributed by atoms with Crippen LogP contribution in [0, 0.1) is 0 Å².